The van der Waals surface area contributed by atoms with Gasteiger partial charge in [-0.05, 0) is 19.1 Å². The van der Waals surface area contributed by atoms with Gasteiger partial charge in [0.1, 0.15) is 5.82 Å². The molecule has 0 saturated heterocycles. The van der Waals surface area contributed by atoms with Crippen LogP contribution in [0.15, 0.2) is 24.3 Å². The van der Waals surface area contributed by atoms with Crippen molar-refractivity contribution in [3.63, 3.8) is 0 Å². The van der Waals surface area contributed by atoms with E-state index in [1.54, 1.807) is 6.92 Å². The molecule has 15 heavy (non-hydrogen) atoms. The predicted molar refractivity (Wildman–Crippen MR) is 52.4 cm³/mol. The molecule has 0 aliphatic rings. The lowest BCUT2D eigenvalue weighted by Gasteiger charge is -2.04. The fourth-order valence-electron chi connectivity index (χ4n) is 1.16. The van der Waals surface area contributed by atoms with E-state index < -0.39 is 17.8 Å². The molecule has 1 unspecified atom stereocenters. The fraction of sp³-hybridized carbons (Fsp3) is 0.273. The van der Waals surface area contributed by atoms with Crippen molar-refractivity contribution in [3.05, 3.63) is 47.1 Å². The summed E-state index contributed by atoms with van der Waals surface area (Å²) in [5, 5.41) is 0. The van der Waals surface area contributed by atoms with Gasteiger partial charge >= 0.3 is 12.0 Å². The standard InChI is InChI=1S/C11H10FNO2/c1-3-15-11(14)10(13-2)8-5-4-6-9(12)7-8/h4-7,10H,3H2,1H3. The molecule has 1 aromatic carbocycles. The second-order valence-electron chi connectivity index (χ2n) is 2.84. The van der Waals surface area contributed by atoms with Crippen molar-refractivity contribution in [2.45, 2.75) is 13.0 Å². The Morgan fingerprint density at radius 3 is 2.93 bits per heavy atom. The highest BCUT2D eigenvalue weighted by Crippen LogP contribution is 2.19. The first-order valence-corrected chi connectivity index (χ1v) is 4.47. The SMILES string of the molecule is [C-]#[N+]C(C(=O)OCC)c1cccc(F)c1. The maximum atomic E-state index is 12.9. The molecule has 4 heteroatoms. The molecule has 0 radical (unpaired) electrons. The molecule has 0 aliphatic carbocycles. The third-order valence-electron chi connectivity index (χ3n) is 1.80. The van der Waals surface area contributed by atoms with E-state index in [1.165, 1.54) is 24.3 Å². The Morgan fingerprint density at radius 1 is 1.67 bits per heavy atom. The molecule has 1 rings (SSSR count). The first kappa shape index (κ1) is 11.2. The summed E-state index contributed by atoms with van der Waals surface area (Å²) in [7, 11) is 0. The van der Waals surface area contributed by atoms with Crippen LogP contribution in [0.4, 0.5) is 4.39 Å². The van der Waals surface area contributed by atoms with Crippen molar-refractivity contribution in [2.75, 3.05) is 6.61 Å². The lowest BCUT2D eigenvalue weighted by Crippen LogP contribution is -2.13. The zero-order valence-corrected chi connectivity index (χ0v) is 8.24. The van der Waals surface area contributed by atoms with Gasteiger partial charge in [0.05, 0.1) is 6.61 Å². The van der Waals surface area contributed by atoms with Crippen LogP contribution in [0.5, 0.6) is 0 Å². The summed E-state index contributed by atoms with van der Waals surface area (Å²) in [5.41, 5.74) is 0.323. The first-order chi connectivity index (χ1) is 7.19. The average Bonchev–Trinajstić information content (AvgIpc) is 2.19. The Balaban J connectivity index is 2.93. The molecule has 0 amide bonds. The summed E-state index contributed by atoms with van der Waals surface area (Å²) < 4.78 is 17.6. The zero-order valence-electron chi connectivity index (χ0n) is 8.24. The third kappa shape index (κ3) is 2.78. The molecule has 0 aliphatic heterocycles. The van der Waals surface area contributed by atoms with Gasteiger partial charge in [0, 0.05) is 5.56 Å². The molecular weight excluding hydrogens is 197 g/mol. The Kier molecular flexibility index (Phi) is 3.81. The van der Waals surface area contributed by atoms with Crippen molar-refractivity contribution < 1.29 is 13.9 Å². The molecule has 0 heterocycles. The van der Waals surface area contributed by atoms with Crippen LogP contribution < -0.4 is 0 Å². The minimum atomic E-state index is -1.07. The van der Waals surface area contributed by atoms with Crippen molar-refractivity contribution in [1.29, 1.82) is 0 Å². The topological polar surface area (TPSA) is 30.7 Å². The van der Waals surface area contributed by atoms with Crippen molar-refractivity contribution >= 4 is 5.97 Å². The van der Waals surface area contributed by atoms with Gasteiger partial charge in [0.15, 0.2) is 0 Å². The summed E-state index contributed by atoms with van der Waals surface area (Å²) in [6.07, 6.45) is 0. The van der Waals surface area contributed by atoms with E-state index in [0.717, 1.165) is 0 Å². The number of nitrogens with zero attached hydrogens (tertiary/aromatic N) is 1. The second-order valence-corrected chi connectivity index (χ2v) is 2.84. The van der Waals surface area contributed by atoms with Gasteiger partial charge in [-0.25, -0.2) is 15.8 Å². The maximum absolute atomic E-state index is 12.9. The number of carbonyl (C=O) groups excluding carboxylic acids is 1. The normalized spacial score (nSPS) is 11.5. The lowest BCUT2D eigenvalue weighted by molar-refractivity contribution is -0.143. The maximum Gasteiger partial charge on any atom is 0.395 e. The zero-order chi connectivity index (χ0) is 11.3. The van der Waals surface area contributed by atoms with Crippen LogP contribution >= 0.6 is 0 Å². The van der Waals surface area contributed by atoms with Crippen LogP contribution in [0.2, 0.25) is 0 Å². The number of hydrogen-bond donors (Lipinski definition) is 0. The molecule has 1 atom stereocenters. The molecule has 0 N–H and O–H groups in total. The van der Waals surface area contributed by atoms with E-state index in [1.807, 2.05) is 0 Å². The van der Waals surface area contributed by atoms with Gasteiger partial charge in [-0.15, -0.1) is 0 Å². The fourth-order valence-corrected chi connectivity index (χ4v) is 1.16. The van der Waals surface area contributed by atoms with Crippen molar-refractivity contribution in [2.24, 2.45) is 0 Å². The van der Waals surface area contributed by atoms with E-state index >= 15 is 0 Å². The van der Waals surface area contributed by atoms with Crippen LogP contribution in [0, 0.1) is 12.4 Å². The molecule has 0 spiro atoms. The minimum Gasteiger partial charge on any atom is -0.460 e. The largest absolute Gasteiger partial charge is 0.460 e. The average molecular weight is 207 g/mol. The lowest BCUT2D eigenvalue weighted by atomic mass is 10.1. The highest BCUT2D eigenvalue weighted by Gasteiger charge is 2.27. The Bertz CT molecular complexity index is 398. The molecule has 1 aromatic rings. The molecular formula is C11H10FNO2. The second kappa shape index (κ2) is 5.11. The number of ether oxygens (including phenoxy) is 1. The molecule has 3 nitrogen and oxygen atoms in total. The third-order valence-corrected chi connectivity index (χ3v) is 1.80. The van der Waals surface area contributed by atoms with Crippen molar-refractivity contribution in [1.82, 2.24) is 0 Å². The minimum absolute atomic E-state index is 0.209. The highest BCUT2D eigenvalue weighted by molar-refractivity contribution is 5.79. The van der Waals surface area contributed by atoms with E-state index in [-0.39, 0.29) is 6.61 Å². The van der Waals surface area contributed by atoms with E-state index in [9.17, 15) is 9.18 Å². The number of hydrogen-bond acceptors (Lipinski definition) is 2. The Morgan fingerprint density at radius 2 is 2.40 bits per heavy atom. The molecule has 0 aromatic heterocycles. The smallest absolute Gasteiger partial charge is 0.395 e. The molecule has 78 valence electrons. The first-order valence-electron chi connectivity index (χ1n) is 4.47. The van der Waals surface area contributed by atoms with Gasteiger partial charge in [-0.3, -0.25) is 4.85 Å². The van der Waals surface area contributed by atoms with Crippen LogP contribution in [-0.4, -0.2) is 12.6 Å². The Labute approximate surface area is 87.3 Å². The van der Waals surface area contributed by atoms with Gasteiger partial charge in [-0.2, -0.15) is 0 Å². The summed E-state index contributed by atoms with van der Waals surface area (Å²) in [5.74, 6) is -1.11. The molecule has 0 saturated carbocycles. The summed E-state index contributed by atoms with van der Waals surface area (Å²) in [6.45, 7) is 8.74. The molecule has 0 bridgehead atoms. The highest BCUT2D eigenvalue weighted by atomic mass is 19.1. The number of benzene rings is 1. The van der Waals surface area contributed by atoms with Gasteiger partial charge in [0.2, 0.25) is 0 Å². The van der Waals surface area contributed by atoms with Crippen LogP contribution in [0.1, 0.15) is 18.5 Å². The van der Waals surface area contributed by atoms with Gasteiger partial charge < -0.3 is 4.74 Å². The van der Waals surface area contributed by atoms with Gasteiger partial charge in [-0.1, -0.05) is 12.1 Å². The Hall–Kier alpha value is -1.89. The quantitative estimate of drug-likeness (QED) is 0.562. The molecule has 0 fully saturated rings. The van der Waals surface area contributed by atoms with Gasteiger partial charge in [0.25, 0.3) is 0 Å². The van der Waals surface area contributed by atoms with Crippen LogP contribution in [-0.2, 0) is 9.53 Å². The monoisotopic (exact) mass is 207 g/mol. The number of rotatable bonds is 3. The number of carbonyl (C=O) groups is 1. The van der Waals surface area contributed by atoms with E-state index in [2.05, 4.69) is 4.85 Å². The summed E-state index contributed by atoms with van der Waals surface area (Å²) in [6, 6.07) is 4.35. The number of halogens is 1. The predicted octanol–water partition coefficient (Wildman–Crippen LogP) is 2.35. The summed E-state index contributed by atoms with van der Waals surface area (Å²) in [4.78, 5) is 14.5. The van der Waals surface area contributed by atoms with E-state index in [0.29, 0.717) is 5.56 Å². The van der Waals surface area contributed by atoms with Crippen LogP contribution in [0.25, 0.3) is 4.85 Å². The van der Waals surface area contributed by atoms with Crippen LogP contribution in [0.3, 0.4) is 0 Å². The summed E-state index contributed by atoms with van der Waals surface area (Å²) >= 11 is 0. The van der Waals surface area contributed by atoms with E-state index in [4.69, 9.17) is 11.3 Å². The number of esters is 1. The van der Waals surface area contributed by atoms with Crippen molar-refractivity contribution in [3.8, 4) is 0 Å².